The Morgan fingerprint density at radius 2 is 2.22 bits per heavy atom. The molecule has 1 N–H and O–H groups in total. The summed E-state index contributed by atoms with van der Waals surface area (Å²) in [5, 5.41) is 3.17. The number of anilines is 1. The van der Waals surface area contributed by atoms with Crippen molar-refractivity contribution in [3.05, 3.63) is 17.6 Å². The number of carbonyl (C=O) groups is 1. The molecular weight excluding hydrogens is 230 g/mol. The molecule has 0 fully saturated rings. The highest BCUT2D eigenvalue weighted by atomic mass is 16.5. The number of aryl methyl sites for hydroxylation is 1. The average Bonchev–Trinajstić information content (AvgIpc) is 2.33. The summed E-state index contributed by atoms with van der Waals surface area (Å²) >= 11 is 0. The van der Waals surface area contributed by atoms with Crippen LogP contribution in [0.1, 0.15) is 42.9 Å². The van der Waals surface area contributed by atoms with Gasteiger partial charge in [0.2, 0.25) is 0 Å². The fourth-order valence-electron chi connectivity index (χ4n) is 1.58. The summed E-state index contributed by atoms with van der Waals surface area (Å²) in [6, 6.07) is 0. The molecule has 0 radical (unpaired) electrons. The highest BCUT2D eigenvalue weighted by Crippen LogP contribution is 2.13. The highest BCUT2D eigenvalue weighted by molar-refractivity contribution is 5.94. The lowest BCUT2D eigenvalue weighted by Crippen LogP contribution is -2.13. The van der Waals surface area contributed by atoms with Crippen LogP contribution >= 0.6 is 0 Å². The zero-order chi connectivity index (χ0) is 13.5. The lowest BCUT2D eigenvalue weighted by Gasteiger charge is -2.10. The van der Waals surface area contributed by atoms with Crippen LogP contribution in [0.15, 0.2) is 6.20 Å². The van der Waals surface area contributed by atoms with E-state index in [0.29, 0.717) is 23.1 Å². The van der Waals surface area contributed by atoms with Gasteiger partial charge < -0.3 is 10.1 Å². The topological polar surface area (TPSA) is 64.1 Å². The number of hydrogen-bond acceptors (Lipinski definition) is 5. The number of methoxy groups -OCH3 is 1. The molecule has 0 unspecified atom stereocenters. The number of esters is 1. The van der Waals surface area contributed by atoms with Crippen LogP contribution in [0.5, 0.6) is 0 Å². The van der Waals surface area contributed by atoms with Crippen molar-refractivity contribution in [3.63, 3.8) is 0 Å². The summed E-state index contributed by atoms with van der Waals surface area (Å²) in [5.41, 5.74) is 0.382. The maximum atomic E-state index is 11.5. The summed E-state index contributed by atoms with van der Waals surface area (Å²) in [7, 11) is 1.35. The number of nitrogens with one attached hydrogen (secondary N) is 1. The van der Waals surface area contributed by atoms with E-state index in [1.54, 1.807) is 6.92 Å². The van der Waals surface area contributed by atoms with E-state index in [1.807, 2.05) is 0 Å². The third-order valence-corrected chi connectivity index (χ3v) is 2.57. The van der Waals surface area contributed by atoms with Crippen LogP contribution in [0.4, 0.5) is 5.82 Å². The van der Waals surface area contributed by atoms with Crippen LogP contribution in [0, 0.1) is 12.8 Å². The molecule has 0 saturated heterocycles. The molecule has 1 aromatic rings. The third-order valence-electron chi connectivity index (χ3n) is 2.57. The van der Waals surface area contributed by atoms with Crippen LogP contribution in [0.3, 0.4) is 0 Å². The van der Waals surface area contributed by atoms with E-state index >= 15 is 0 Å². The number of nitrogens with zero attached hydrogens (tertiary/aromatic N) is 2. The normalized spacial score (nSPS) is 10.5. The van der Waals surface area contributed by atoms with E-state index in [4.69, 9.17) is 4.74 Å². The molecule has 1 aromatic heterocycles. The third kappa shape index (κ3) is 4.31. The van der Waals surface area contributed by atoms with E-state index in [1.165, 1.54) is 13.3 Å². The van der Waals surface area contributed by atoms with Gasteiger partial charge in [-0.15, -0.1) is 0 Å². The molecule has 0 aliphatic rings. The number of hydrogen-bond donors (Lipinski definition) is 1. The minimum atomic E-state index is -0.415. The van der Waals surface area contributed by atoms with Crippen molar-refractivity contribution in [3.8, 4) is 0 Å². The predicted octanol–water partition coefficient (Wildman–Crippen LogP) is 2.42. The van der Waals surface area contributed by atoms with Crippen LogP contribution in [-0.4, -0.2) is 29.6 Å². The molecule has 0 atom stereocenters. The van der Waals surface area contributed by atoms with Crippen LogP contribution in [0.2, 0.25) is 0 Å². The van der Waals surface area contributed by atoms with E-state index in [-0.39, 0.29) is 0 Å². The first-order chi connectivity index (χ1) is 8.54. The maximum absolute atomic E-state index is 11.5. The molecule has 1 rings (SSSR count). The van der Waals surface area contributed by atoms with Crippen molar-refractivity contribution in [1.82, 2.24) is 9.97 Å². The fraction of sp³-hybridized carbons (Fsp3) is 0.615. The van der Waals surface area contributed by atoms with Crippen molar-refractivity contribution >= 4 is 11.8 Å². The molecule has 0 aromatic carbocycles. The van der Waals surface area contributed by atoms with Crippen molar-refractivity contribution in [2.75, 3.05) is 19.0 Å². The average molecular weight is 251 g/mol. The van der Waals surface area contributed by atoms with Gasteiger partial charge in [-0.05, 0) is 25.7 Å². The summed E-state index contributed by atoms with van der Waals surface area (Å²) < 4.78 is 4.70. The lowest BCUT2D eigenvalue weighted by atomic mass is 10.1. The first-order valence-electron chi connectivity index (χ1n) is 6.20. The smallest absolute Gasteiger partial charge is 0.343 e. The number of ether oxygens (including phenoxy) is 1. The van der Waals surface area contributed by atoms with Crippen LogP contribution < -0.4 is 5.32 Å². The minimum Gasteiger partial charge on any atom is -0.465 e. The van der Waals surface area contributed by atoms with Crippen LogP contribution in [0.25, 0.3) is 0 Å². The molecule has 1 heterocycles. The number of carbonyl (C=O) groups excluding carboxylic acids is 1. The van der Waals surface area contributed by atoms with Gasteiger partial charge in [0.15, 0.2) is 0 Å². The van der Waals surface area contributed by atoms with E-state index in [2.05, 4.69) is 29.1 Å². The van der Waals surface area contributed by atoms with E-state index in [9.17, 15) is 4.79 Å². The molecule has 0 amide bonds. The van der Waals surface area contributed by atoms with Gasteiger partial charge >= 0.3 is 5.97 Å². The van der Waals surface area contributed by atoms with Gasteiger partial charge in [0, 0.05) is 12.7 Å². The Morgan fingerprint density at radius 1 is 1.50 bits per heavy atom. The Bertz CT molecular complexity index is 405. The highest BCUT2D eigenvalue weighted by Gasteiger charge is 2.13. The monoisotopic (exact) mass is 251 g/mol. The SMILES string of the molecule is COC(=O)c1cnc(C)nc1NCCCC(C)C. The fourth-order valence-corrected chi connectivity index (χ4v) is 1.58. The lowest BCUT2D eigenvalue weighted by molar-refractivity contribution is 0.0601. The standard InChI is InChI=1S/C13H21N3O2/c1-9(2)6-5-7-14-12-11(13(17)18-4)8-15-10(3)16-12/h8-9H,5-7H2,1-4H3,(H,14,15,16). The Kier molecular flexibility index (Phi) is 5.55. The van der Waals surface area contributed by atoms with Gasteiger partial charge in [0.05, 0.1) is 7.11 Å². The van der Waals surface area contributed by atoms with Gasteiger partial charge in [0.25, 0.3) is 0 Å². The number of aromatic nitrogens is 2. The Hall–Kier alpha value is -1.65. The second-order valence-electron chi connectivity index (χ2n) is 4.63. The first-order valence-corrected chi connectivity index (χ1v) is 6.20. The quantitative estimate of drug-likeness (QED) is 0.621. The summed E-state index contributed by atoms with van der Waals surface area (Å²) in [6.07, 6.45) is 3.69. The molecule has 100 valence electrons. The molecule has 18 heavy (non-hydrogen) atoms. The predicted molar refractivity (Wildman–Crippen MR) is 70.7 cm³/mol. The zero-order valence-corrected chi connectivity index (χ0v) is 11.5. The summed E-state index contributed by atoms with van der Waals surface area (Å²) in [4.78, 5) is 19.8. The molecule has 5 heteroatoms. The molecule has 0 aliphatic heterocycles. The van der Waals surface area contributed by atoms with E-state index in [0.717, 1.165) is 19.4 Å². The van der Waals surface area contributed by atoms with Crippen molar-refractivity contribution in [1.29, 1.82) is 0 Å². The van der Waals surface area contributed by atoms with Gasteiger partial charge in [-0.25, -0.2) is 14.8 Å². The molecule has 0 spiro atoms. The maximum Gasteiger partial charge on any atom is 0.343 e. The first kappa shape index (κ1) is 14.4. The summed E-state index contributed by atoms with van der Waals surface area (Å²) in [6.45, 7) is 6.96. The number of rotatable bonds is 6. The van der Waals surface area contributed by atoms with Crippen molar-refractivity contribution < 1.29 is 9.53 Å². The second kappa shape index (κ2) is 6.93. The molecule has 5 nitrogen and oxygen atoms in total. The van der Waals surface area contributed by atoms with Gasteiger partial charge in [-0.2, -0.15) is 0 Å². The molecule has 0 aliphatic carbocycles. The minimum absolute atomic E-state index is 0.382. The molecular formula is C13H21N3O2. The Labute approximate surface area is 108 Å². The van der Waals surface area contributed by atoms with Gasteiger partial charge in [0.1, 0.15) is 17.2 Å². The molecule has 0 saturated carbocycles. The van der Waals surface area contributed by atoms with Crippen molar-refractivity contribution in [2.45, 2.75) is 33.6 Å². The zero-order valence-electron chi connectivity index (χ0n) is 11.5. The Morgan fingerprint density at radius 3 is 2.83 bits per heavy atom. The molecule has 0 bridgehead atoms. The Balaban J connectivity index is 2.67. The largest absolute Gasteiger partial charge is 0.465 e. The van der Waals surface area contributed by atoms with Gasteiger partial charge in [-0.3, -0.25) is 0 Å². The van der Waals surface area contributed by atoms with Crippen molar-refractivity contribution in [2.24, 2.45) is 5.92 Å². The van der Waals surface area contributed by atoms with E-state index < -0.39 is 5.97 Å². The van der Waals surface area contributed by atoms with Crippen LogP contribution in [-0.2, 0) is 4.74 Å². The second-order valence-corrected chi connectivity index (χ2v) is 4.63. The summed E-state index contributed by atoms with van der Waals surface area (Å²) in [5.74, 6) is 1.45. The van der Waals surface area contributed by atoms with Gasteiger partial charge in [-0.1, -0.05) is 13.8 Å².